The smallest absolute Gasteiger partial charge is 0.0543 e. The first-order valence-electron chi connectivity index (χ1n) is 13.5. The van der Waals surface area contributed by atoms with Crippen molar-refractivity contribution in [1.29, 1.82) is 0 Å². The van der Waals surface area contributed by atoms with Gasteiger partial charge in [-0.1, -0.05) is 45.8 Å². The zero-order chi connectivity index (χ0) is 21.4. The van der Waals surface area contributed by atoms with E-state index >= 15 is 0 Å². The van der Waals surface area contributed by atoms with Crippen molar-refractivity contribution in [3.63, 3.8) is 0 Å². The minimum Gasteiger partial charge on any atom is -0.393 e. The van der Waals surface area contributed by atoms with E-state index in [9.17, 15) is 5.11 Å². The first-order valence-corrected chi connectivity index (χ1v) is 13.5. The third kappa shape index (κ3) is 3.11. The van der Waals surface area contributed by atoms with Gasteiger partial charge in [0.1, 0.15) is 0 Å². The molecular weight excluding hydrogens is 364 g/mol. The Morgan fingerprint density at radius 2 is 1.60 bits per heavy atom. The van der Waals surface area contributed by atoms with E-state index in [1.165, 1.54) is 51.4 Å². The quantitative estimate of drug-likeness (QED) is 0.470. The van der Waals surface area contributed by atoms with Gasteiger partial charge in [-0.3, -0.25) is 0 Å². The summed E-state index contributed by atoms with van der Waals surface area (Å²) >= 11 is 0. The third-order valence-corrected chi connectivity index (χ3v) is 11.9. The highest BCUT2D eigenvalue weighted by atomic mass is 16.3. The molecule has 0 bridgehead atoms. The van der Waals surface area contributed by atoms with Gasteiger partial charge in [0.15, 0.2) is 0 Å². The number of hydrogen-bond acceptors (Lipinski definition) is 1. The Balaban J connectivity index is 1.31. The number of fused-ring (bicyclic) bond motifs is 5. The first kappa shape index (κ1) is 21.5. The minimum absolute atomic E-state index is 0.0138. The SMILES string of the molecule is CC1=C(C[C@@H](C)C2CCC3C4CC[C@@H]5C[C@@H](O)CC[C@]5(C)C4CC[C@@]32C)[C@H]1C(C)C. The van der Waals surface area contributed by atoms with Gasteiger partial charge < -0.3 is 5.11 Å². The summed E-state index contributed by atoms with van der Waals surface area (Å²) in [7, 11) is 0. The Kier molecular flexibility index (Phi) is 5.28. The fraction of sp³-hybridized carbons (Fsp3) is 0.931. The normalized spacial score (nSPS) is 51.4. The number of rotatable bonds is 4. The maximum atomic E-state index is 10.3. The summed E-state index contributed by atoms with van der Waals surface area (Å²) < 4.78 is 0. The van der Waals surface area contributed by atoms with E-state index < -0.39 is 0 Å². The molecule has 1 N–H and O–H groups in total. The van der Waals surface area contributed by atoms with Crippen LogP contribution in [-0.4, -0.2) is 11.2 Å². The van der Waals surface area contributed by atoms with Gasteiger partial charge in [0.25, 0.3) is 0 Å². The third-order valence-electron chi connectivity index (χ3n) is 11.9. The van der Waals surface area contributed by atoms with Crippen LogP contribution in [0, 0.1) is 58.2 Å². The molecule has 10 atom stereocenters. The summed E-state index contributed by atoms with van der Waals surface area (Å²) in [4.78, 5) is 0. The monoisotopic (exact) mass is 412 g/mol. The minimum atomic E-state index is -0.0138. The number of aliphatic hydroxyl groups excluding tert-OH is 1. The van der Waals surface area contributed by atoms with E-state index in [4.69, 9.17) is 0 Å². The van der Waals surface area contributed by atoms with Gasteiger partial charge in [0.05, 0.1) is 6.10 Å². The van der Waals surface area contributed by atoms with Crippen molar-refractivity contribution in [3.05, 3.63) is 11.1 Å². The van der Waals surface area contributed by atoms with Crippen LogP contribution in [0.15, 0.2) is 11.1 Å². The van der Waals surface area contributed by atoms with Crippen LogP contribution in [0.2, 0.25) is 0 Å². The number of allylic oxidation sites excluding steroid dienone is 2. The highest BCUT2D eigenvalue weighted by molar-refractivity contribution is 5.40. The zero-order valence-electron chi connectivity index (χ0n) is 20.7. The Labute approximate surface area is 186 Å². The summed E-state index contributed by atoms with van der Waals surface area (Å²) in [6.07, 6.45) is 13.6. The standard InChI is InChI=1S/C29H48O/c1-17(2)27-19(4)23(27)15-18(3)24-9-10-25-22-8-7-20-16-21(30)11-13-28(20,5)26(22)12-14-29(24,25)6/h17-18,20-22,24-27,30H,7-16H2,1-6H3/t18-,20-,21+,22?,24?,25?,26?,27+,28+,29-/m1/s1. The lowest BCUT2D eigenvalue weighted by Gasteiger charge is -2.61. The molecule has 0 aromatic heterocycles. The van der Waals surface area contributed by atoms with E-state index in [0.717, 1.165) is 60.2 Å². The molecule has 1 nitrogen and oxygen atoms in total. The van der Waals surface area contributed by atoms with Gasteiger partial charge >= 0.3 is 0 Å². The van der Waals surface area contributed by atoms with E-state index in [2.05, 4.69) is 41.5 Å². The van der Waals surface area contributed by atoms with Crippen molar-refractivity contribution in [2.75, 3.05) is 0 Å². The predicted octanol–water partition coefficient (Wildman–Crippen LogP) is 7.63. The molecule has 5 aliphatic rings. The highest BCUT2D eigenvalue weighted by Gasteiger charge is 2.60. The molecule has 4 fully saturated rings. The van der Waals surface area contributed by atoms with Gasteiger partial charge in [-0.25, -0.2) is 0 Å². The second-order valence-corrected chi connectivity index (χ2v) is 13.4. The fourth-order valence-electron chi connectivity index (χ4n) is 10.3. The largest absolute Gasteiger partial charge is 0.393 e. The molecule has 0 heterocycles. The van der Waals surface area contributed by atoms with Crippen LogP contribution in [0.25, 0.3) is 0 Å². The lowest BCUT2D eigenvalue weighted by molar-refractivity contribution is -0.129. The summed E-state index contributed by atoms with van der Waals surface area (Å²) in [5.41, 5.74) is 4.67. The fourth-order valence-corrected chi connectivity index (χ4v) is 10.3. The topological polar surface area (TPSA) is 20.2 Å². The van der Waals surface area contributed by atoms with Crippen LogP contribution in [-0.2, 0) is 0 Å². The summed E-state index contributed by atoms with van der Waals surface area (Å²) in [6.45, 7) is 15.2. The van der Waals surface area contributed by atoms with E-state index in [1.54, 1.807) is 5.57 Å². The Morgan fingerprint density at radius 1 is 0.900 bits per heavy atom. The lowest BCUT2D eigenvalue weighted by Crippen LogP contribution is -2.54. The second kappa shape index (κ2) is 7.36. The molecule has 0 spiro atoms. The molecule has 4 unspecified atom stereocenters. The molecule has 5 aliphatic carbocycles. The molecule has 30 heavy (non-hydrogen) atoms. The van der Waals surface area contributed by atoms with Crippen molar-refractivity contribution in [3.8, 4) is 0 Å². The number of hydrogen-bond donors (Lipinski definition) is 1. The highest BCUT2D eigenvalue weighted by Crippen LogP contribution is 2.68. The molecule has 4 saturated carbocycles. The molecule has 1 heteroatoms. The predicted molar refractivity (Wildman–Crippen MR) is 126 cm³/mol. The number of aliphatic hydroxyl groups is 1. The van der Waals surface area contributed by atoms with Crippen molar-refractivity contribution in [2.24, 2.45) is 58.2 Å². The maximum Gasteiger partial charge on any atom is 0.0543 e. The molecule has 0 radical (unpaired) electrons. The van der Waals surface area contributed by atoms with Crippen molar-refractivity contribution < 1.29 is 5.11 Å². The van der Waals surface area contributed by atoms with E-state index in [-0.39, 0.29) is 6.10 Å². The van der Waals surface area contributed by atoms with Crippen molar-refractivity contribution in [2.45, 2.75) is 112 Å². The molecule has 0 aromatic rings. The van der Waals surface area contributed by atoms with Gasteiger partial charge in [0.2, 0.25) is 0 Å². The van der Waals surface area contributed by atoms with Crippen LogP contribution < -0.4 is 0 Å². The summed E-state index contributed by atoms with van der Waals surface area (Å²) in [6, 6.07) is 0. The van der Waals surface area contributed by atoms with E-state index in [0.29, 0.717) is 10.8 Å². The summed E-state index contributed by atoms with van der Waals surface area (Å²) in [5.74, 6) is 7.13. The van der Waals surface area contributed by atoms with Gasteiger partial charge in [-0.2, -0.15) is 0 Å². The molecular formula is C29H48O. The van der Waals surface area contributed by atoms with Gasteiger partial charge in [-0.15, -0.1) is 0 Å². The van der Waals surface area contributed by atoms with Crippen LogP contribution in [0.4, 0.5) is 0 Å². The lowest BCUT2D eigenvalue weighted by atomic mass is 9.44. The average molecular weight is 413 g/mol. The Hall–Kier alpha value is -0.300. The van der Waals surface area contributed by atoms with Gasteiger partial charge in [0, 0.05) is 5.92 Å². The van der Waals surface area contributed by atoms with Crippen LogP contribution in [0.3, 0.4) is 0 Å². The van der Waals surface area contributed by atoms with Crippen LogP contribution >= 0.6 is 0 Å². The van der Waals surface area contributed by atoms with Gasteiger partial charge in [-0.05, 0) is 123 Å². The molecule has 170 valence electrons. The van der Waals surface area contributed by atoms with Crippen LogP contribution in [0.1, 0.15) is 106 Å². The zero-order valence-corrected chi connectivity index (χ0v) is 20.7. The molecule has 0 amide bonds. The maximum absolute atomic E-state index is 10.3. The second-order valence-electron chi connectivity index (χ2n) is 13.4. The van der Waals surface area contributed by atoms with Crippen LogP contribution in [0.5, 0.6) is 0 Å². The molecule has 5 rings (SSSR count). The Morgan fingerprint density at radius 3 is 2.30 bits per heavy atom. The van der Waals surface area contributed by atoms with Crippen molar-refractivity contribution >= 4 is 0 Å². The molecule has 0 aromatic carbocycles. The summed E-state index contributed by atoms with van der Waals surface area (Å²) in [5, 5.41) is 10.3. The molecule has 0 saturated heterocycles. The first-order chi connectivity index (χ1) is 14.2. The Bertz CT molecular complexity index is 705. The van der Waals surface area contributed by atoms with Crippen molar-refractivity contribution in [1.82, 2.24) is 0 Å². The average Bonchev–Trinajstić information content (AvgIpc) is 3.17. The molecule has 0 aliphatic heterocycles. The van der Waals surface area contributed by atoms with E-state index in [1.807, 2.05) is 5.57 Å².